The zero-order valence-corrected chi connectivity index (χ0v) is 19.1. The SMILES string of the molecule is Cc1ccc(OCc2nc(COc3ccc(S(=O)(=O)N4CCCCC4)cc3)cs2)cc1. The van der Waals surface area contributed by atoms with E-state index in [0.717, 1.165) is 35.7 Å². The predicted molar refractivity (Wildman–Crippen MR) is 121 cm³/mol. The van der Waals surface area contributed by atoms with E-state index in [-0.39, 0.29) is 0 Å². The lowest BCUT2D eigenvalue weighted by Gasteiger charge is -2.25. The maximum Gasteiger partial charge on any atom is 0.243 e. The molecule has 164 valence electrons. The molecule has 31 heavy (non-hydrogen) atoms. The first kappa shape index (κ1) is 21.8. The van der Waals surface area contributed by atoms with Crippen molar-refractivity contribution in [1.82, 2.24) is 9.29 Å². The van der Waals surface area contributed by atoms with Gasteiger partial charge < -0.3 is 9.47 Å². The standard InChI is InChI=1S/C23H26N2O4S2/c1-18-5-7-20(8-6-18)29-16-23-24-19(17-30-23)15-28-21-9-11-22(12-10-21)31(26,27)25-13-3-2-4-14-25/h5-12,17H,2-4,13-16H2,1H3. The number of ether oxygens (including phenoxy) is 2. The van der Waals surface area contributed by atoms with Gasteiger partial charge in [0.25, 0.3) is 0 Å². The molecule has 1 aliphatic heterocycles. The molecule has 0 spiro atoms. The molecular weight excluding hydrogens is 432 g/mol. The highest BCUT2D eigenvalue weighted by molar-refractivity contribution is 7.89. The molecule has 0 unspecified atom stereocenters. The van der Waals surface area contributed by atoms with Crippen LogP contribution in [0.4, 0.5) is 0 Å². The molecular formula is C23H26N2O4S2. The normalized spacial score (nSPS) is 15.0. The van der Waals surface area contributed by atoms with Gasteiger partial charge in [-0.3, -0.25) is 0 Å². The van der Waals surface area contributed by atoms with Gasteiger partial charge in [-0.15, -0.1) is 11.3 Å². The second kappa shape index (κ2) is 9.80. The smallest absolute Gasteiger partial charge is 0.243 e. The third-order valence-electron chi connectivity index (χ3n) is 5.15. The summed E-state index contributed by atoms with van der Waals surface area (Å²) in [5.41, 5.74) is 2.01. The third-order valence-corrected chi connectivity index (χ3v) is 7.93. The molecule has 0 N–H and O–H groups in total. The van der Waals surface area contributed by atoms with Crippen LogP contribution in [0.25, 0.3) is 0 Å². The van der Waals surface area contributed by atoms with Gasteiger partial charge in [0.15, 0.2) is 0 Å². The van der Waals surface area contributed by atoms with Crippen molar-refractivity contribution < 1.29 is 17.9 Å². The Morgan fingerprint density at radius 2 is 1.52 bits per heavy atom. The van der Waals surface area contributed by atoms with Gasteiger partial charge in [0, 0.05) is 18.5 Å². The summed E-state index contributed by atoms with van der Waals surface area (Å²) < 4.78 is 38.6. The first-order valence-corrected chi connectivity index (χ1v) is 12.7. The van der Waals surface area contributed by atoms with Crippen molar-refractivity contribution in [2.24, 2.45) is 0 Å². The van der Waals surface area contributed by atoms with Crippen LogP contribution in [0.1, 0.15) is 35.5 Å². The molecule has 3 aromatic rings. The minimum Gasteiger partial charge on any atom is -0.487 e. The van der Waals surface area contributed by atoms with Crippen molar-refractivity contribution in [3.8, 4) is 11.5 Å². The summed E-state index contributed by atoms with van der Waals surface area (Å²) in [6.07, 6.45) is 2.94. The first-order chi connectivity index (χ1) is 15.0. The molecule has 2 heterocycles. The third kappa shape index (κ3) is 5.64. The van der Waals surface area contributed by atoms with E-state index in [1.807, 2.05) is 36.6 Å². The Morgan fingerprint density at radius 1 is 0.903 bits per heavy atom. The van der Waals surface area contributed by atoms with E-state index in [0.29, 0.717) is 36.9 Å². The number of hydrogen-bond donors (Lipinski definition) is 0. The van der Waals surface area contributed by atoms with Crippen LogP contribution < -0.4 is 9.47 Å². The molecule has 1 aliphatic rings. The zero-order chi connectivity index (χ0) is 21.7. The number of sulfonamides is 1. The van der Waals surface area contributed by atoms with E-state index in [9.17, 15) is 8.42 Å². The van der Waals surface area contributed by atoms with E-state index in [2.05, 4.69) is 4.98 Å². The van der Waals surface area contributed by atoms with Gasteiger partial charge >= 0.3 is 0 Å². The highest BCUT2D eigenvalue weighted by Gasteiger charge is 2.25. The van der Waals surface area contributed by atoms with Crippen molar-refractivity contribution in [3.05, 3.63) is 70.2 Å². The Labute approximate surface area is 187 Å². The molecule has 8 heteroatoms. The maximum absolute atomic E-state index is 12.7. The van der Waals surface area contributed by atoms with E-state index < -0.39 is 10.0 Å². The van der Waals surface area contributed by atoms with Crippen LogP contribution in [0.5, 0.6) is 11.5 Å². The summed E-state index contributed by atoms with van der Waals surface area (Å²) >= 11 is 1.53. The van der Waals surface area contributed by atoms with Gasteiger partial charge in [0.2, 0.25) is 10.0 Å². The Hall–Kier alpha value is -2.42. The van der Waals surface area contributed by atoms with Crippen molar-refractivity contribution >= 4 is 21.4 Å². The van der Waals surface area contributed by atoms with Crippen molar-refractivity contribution in [3.63, 3.8) is 0 Å². The maximum atomic E-state index is 12.7. The minimum absolute atomic E-state index is 0.311. The second-order valence-corrected chi connectivity index (χ2v) is 10.4. The Kier molecular flexibility index (Phi) is 6.89. The average Bonchev–Trinajstić information content (AvgIpc) is 3.26. The molecule has 2 aromatic carbocycles. The second-order valence-electron chi connectivity index (χ2n) is 7.56. The number of rotatable bonds is 8. The highest BCUT2D eigenvalue weighted by atomic mass is 32.2. The lowest BCUT2D eigenvalue weighted by atomic mass is 10.2. The van der Waals surface area contributed by atoms with Gasteiger partial charge in [-0.05, 0) is 56.2 Å². The molecule has 0 bridgehead atoms. The van der Waals surface area contributed by atoms with E-state index in [1.54, 1.807) is 28.6 Å². The zero-order valence-electron chi connectivity index (χ0n) is 17.5. The van der Waals surface area contributed by atoms with Gasteiger partial charge in [-0.1, -0.05) is 24.1 Å². The number of hydrogen-bond acceptors (Lipinski definition) is 6. The highest BCUT2D eigenvalue weighted by Crippen LogP contribution is 2.23. The summed E-state index contributed by atoms with van der Waals surface area (Å²) in [7, 11) is -3.42. The number of benzene rings is 2. The molecule has 0 radical (unpaired) electrons. The number of aromatic nitrogens is 1. The Morgan fingerprint density at radius 3 is 2.19 bits per heavy atom. The molecule has 0 atom stereocenters. The fourth-order valence-corrected chi connectivity index (χ4v) is 5.59. The summed E-state index contributed by atoms with van der Waals surface area (Å²) in [6.45, 7) is 3.97. The van der Waals surface area contributed by atoms with Crippen LogP contribution in [0.2, 0.25) is 0 Å². The van der Waals surface area contributed by atoms with Gasteiger partial charge in [-0.2, -0.15) is 4.31 Å². The molecule has 0 aliphatic carbocycles. The van der Waals surface area contributed by atoms with Crippen LogP contribution in [0.3, 0.4) is 0 Å². The number of piperidine rings is 1. The monoisotopic (exact) mass is 458 g/mol. The summed E-state index contributed by atoms with van der Waals surface area (Å²) in [4.78, 5) is 4.85. The quantitative estimate of drug-likeness (QED) is 0.486. The molecule has 4 rings (SSSR count). The average molecular weight is 459 g/mol. The molecule has 1 saturated heterocycles. The van der Waals surface area contributed by atoms with Crippen molar-refractivity contribution in [2.45, 2.75) is 44.3 Å². The molecule has 1 fully saturated rings. The van der Waals surface area contributed by atoms with E-state index >= 15 is 0 Å². The lowest BCUT2D eigenvalue weighted by Crippen LogP contribution is -2.35. The minimum atomic E-state index is -3.42. The number of nitrogens with zero attached hydrogens (tertiary/aromatic N) is 2. The van der Waals surface area contributed by atoms with Crippen molar-refractivity contribution in [1.29, 1.82) is 0 Å². The van der Waals surface area contributed by atoms with Gasteiger partial charge in [-0.25, -0.2) is 13.4 Å². The number of aryl methyl sites for hydroxylation is 1. The Balaban J connectivity index is 1.30. The molecule has 6 nitrogen and oxygen atoms in total. The molecule has 0 saturated carbocycles. The van der Waals surface area contributed by atoms with E-state index in [1.165, 1.54) is 16.9 Å². The fourth-order valence-electron chi connectivity index (χ4n) is 3.38. The van der Waals surface area contributed by atoms with Gasteiger partial charge in [0.1, 0.15) is 29.7 Å². The summed E-state index contributed by atoms with van der Waals surface area (Å²) in [5.74, 6) is 1.43. The van der Waals surface area contributed by atoms with Crippen LogP contribution >= 0.6 is 11.3 Å². The van der Waals surface area contributed by atoms with E-state index in [4.69, 9.17) is 9.47 Å². The van der Waals surface area contributed by atoms with Crippen LogP contribution in [0, 0.1) is 6.92 Å². The Bertz CT molecular complexity index is 1090. The largest absolute Gasteiger partial charge is 0.487 e. The molecule has 0 amide bonds. The van der Waals surface area contributed by atoms with Crippen LogP contribution in [-0.2, 0) is 23.2 Å². The van der Waals surface area contributed by atoms with Crippen LogP contribution in [0.15, 0.2) is 58.8 Å². The first-order valence-electron chi connectivity index (χ1n) is 10.4. The summed E-state index contributed by atoms with van der Waals surface area (Å²) in [6, 6.07) is 14.5. The van der Waals surface area contributed by atoms with Crippen molar-refractivity contribution in [2.75, 3.05) is 13.1 Å². The topological polar surface area (TPSA) is 68.7 Å². The van der Waals surface area contributed by atoms with Gasteiger partial charge in [0.05, 0.1) is 10.6 Å². The van der Waals surface area contributed by atoms with Crippen LogP contribution in [-0.4, -0.2) is 30.8 Å². The molecule has 1 aromatic heterocycles. The number of thiazole rings is 1. The predicted octanol–water partition coefficient (Wildman–Crippen LogP) is 4.78. The fraction of sp³-hybridized carbons (Fsp3) is 0.348. The summed E-state index contributed by atoms with van der Waals surface area (Å²) in [5, 5.41) is 2.82. The lowest BCUT2D eigenvalue weighted by molar-refractivity contribution is 0.294.